The maximum Gasteiger partial charge on any atom is 0.330 e. The summed E-state index contributed by atoms with van der Waals surface area (Å²) in [5.74, 6) is 0.183. The van der Waals surface area contributed by atoms with Gasteiger partial charge in [0.05, 0.1) is 0 Å². The van der Waals surface area contributed by atoms with Gasteiger partial charge in [0.1, 0.15) is 11.5 Å². The van der Waals surface area contributed by atoms with E-state index >= 15 is 0 Å². The predicted molar refractivity (Wildman–Crippen MR) is 69.4 cm³/mol. The smallest absolute Gasteiger partial charge is 0.330 e. The Bertz CT molecular complexity index is 513. The number of rotatable bonds is 4. The zero-order chi connectivity index (χ0) is 13.2. The quantitative estimate of drug-likeness (QED) is 0.723. The zero-order valence-electron chi connectivity index (χ0n) is 10.8. The molecule has 0 saturated heterocycles. The van der Waals surface area contributed by atoms with Gasteiger partial charge in [-0.3, -0.25) is 14.3 Å². The Morgan fingerprint density at radius 1 is 1.35 bits per heavy atom. The van der Waals surface area contributed by atoms with E-state index in [1.165, 1.54) is 4.57 Å². The number of aromatic nitrogens is 2. The summed E-state index contributed by atoms with van der Waals surface area (Å²) >= 11 is 0. The Morgan fingerprint density at radius 3 is 2.41 bits per heavy atom. The van der Waals surface area contributed by atoms with Crippen LogP contribution in [0.25, 0.3) is 0 Å². The highest BCUT2D eigenvalue weighted by Gasteiger charge is 2.19. The lowest BCUT2D eigenvalue weighted by atomic mass is 10.0. The van der Waals surface area contributed by atoms with E-state index in [9.17, 15) is 9.59 Å². The summed E-state index contributed by atoms with van der Waals surface area (Å²) in [6, 6.07) is 0. The molecule has 0 saturated carbocycles. The third kappa shape index (κ3) is 2.69. The van der Waals surface area contributed by atoms with E-state index in [2.05, 4.69) is 10.3 Å². The van der Waals surface area contributed by atoms with Gasteiger partial charge in [0.2, 0.25) is 0 Å². The molecule has 1 aromatic rings. The second-order valence-corrected chi connectivity index (χ2v) is 4.63. The molecule has 0 bridgehead atoms. The van der Waals surface area contributed by atoms with Gasteiger partial charge in [-0.25, -0.2) is 4.79 Å². The minimum atomic E-state index is -0.477. The van der Waals surface area contributed by atoms with Crippen LogP contribution in [0.15, 0.2) is 9.59 Å². The number of hydrogen-bond acceptors (Lipinski definition) is 4. The summed E-state index contributed by atoms with van der Waals surface area (Å²) in [7, 11) is 0. The van der Waals surface area contributed by atoms with Crippen molar-refractivity contribution >= 4 is 11.5 Å². The van der Waals surface area contributed by atoms with Crippen molar-refractivity contribution in [1.29, 1.82) is 0 Å². The van der Waals surface area contributed by atoms with Crippen LogP contribution >= 0.6 is 0 Å². The summed E-state index contributed by atoms with van der Waals surface area (Å²) in [6.45, 7) is 8.15. The van der Waals surface area contributed by atoms with Crippen LogP contribution in [0.2, 0.25) is 0 Å². The van der Waals surface area contributed by atoms with Crippen LogP contribution in [0.1, 0.15) is 34.1 Å². The Hall–Kier alpha value is -1.72. The molecule has 6 heteroatoms. The standard InChI is InChI=1S/C11H20N4O2/c1-5-11(3,4)14-7-8(12)15(6-2)10(17)13-9(7)16/h14H,5-6,12H2,1-4H3,(H,13,16,17). The van der Waals surface area contributed by atoms with Crippen LogP contribution in [-0.2, 0) is 6.54 Å². The summed E-state index contributed by atoms with van der Waals surface area (Å²) in [4.78, 5) is 25.4. The molecule has 0 amide bonds. The van der Waals surface area contributed by atoms with Crippen molar-refractivity contribution < 1.29 is 0 Å². The number of aromatic amines is 1. The van der Waals surface area contributed by atoms with Gasteiger partial charge in [-0.15, -0.1) is 0 Å². The molecule has 0 aliphatic carbocycles. The van der Waals surface area contributed by atoms with E-state index in [1.807, 2.05) is 20.8 Å². The van der Waals surface area contributed by atoms with Gasteiger partial charge in [0, 0.05) is 12.1 Å². The topological polar surface area (TPSA) is 92.9 Å². The first-order valence-corrected chi connectivity index (χ1v) is 5.73. The first-order chi connectivity index (χ1) is 7.82. The highest BCUT2D eigenvalue weighted by Crippen LogP contribution is 2.18. The SMILES string of the molecule is CCn1c(N)c(NC(C)(C)CC)c(=O)[nH]c1=O. The monoisotopic (exact) mass is 240 g/mol. The summed E-state index contributed by atoms with van der Waals surface area (Å²) in [5, 5.41) is 3.08. The molecule has 4 N–H and O–H groups in total. The largest absolute Gasteiger partial charge is 0.383 e. The van der Waals surface area contributed by atoms with Crippen LogP contribution in [0.4, 0.5) is 11.5 Å². The molecule has 0 aliphatic heterocycles. The molecular formula is C11H20N4O2. The summed E-state index contributed by atoms with van der Waals surface area (Å²) in [5.41, 5.74) is 4.90. The van der Waals surface area contributed by atoms with Gasteiger partial charge in [0.15, 0.2) is 0 Å². The second kappa shape index (κ2) is 4.65. The van der Waals surface area contributed by atoms with Gasteiger partial charge in [0.25, 0.3) is 5.56 Å². The normalized spacial score (nSPS) is 11.5. The lowest BCUT2D eigenvalue weighted by molar-refractivity contribution is 0.544. The molecular weight excluding hydrogens is 220 g/mol. The average molecular weight is 240 g/mol. The number of anilines is 2. The van der Waals surface area contributed by atoms with Crippen LogP contribution in [0.5, 0.6) is 0 Å². The fourth-order valence-electron chi connectivity index (χ4n) is 1.45. The Labute approximate surface area is 99.8 Å². The molecule has 0 unspecified atom stereocenters. The Kier molecular flexibility index (Phi) is 3.65. The van der Waals surface area contributed by atoms with Crippen LogP contribution < -0.4 is 22.3 Å². The lowest BCUT2D eigenvalue weighted by Crippen LogP contribution is -2.38. The number of nitrogens with two attached hydrogens (primary N) is 1. The molecule has 0 aromatic carbocycles. The number of nitrogen functional groups attached to an aromatic ring is 1. The fraction of sp³-hybridized carbons (Fsp3) is 0.636. The molecule has 0 radical (unpaired) electrons. The molecule has 17 heavy (non-hydrogen) atoms. The van der Waals surface area contributed by atoms with Crippen molar-refractivity contribution in [3.63, 3.8) is 0 Å². The predicted octanol–water partition coefficient (Wildman–Crippen LogP) is 0.739. The van der Waals surface area contributed by atoms with Gasteiger partial charge in [-0.2, -0.15) is 0 Å². The molecule has 0 spiro atoms. The molecule has 6 nitrogen and oxygen atoms in total. The Balaban J connectivity index is 3.35. The van der Waals surface area contributed by atoms with Crippen molar-refractivity contribution in [2.24, 2.45) is 0 Å². The van der Waals surface area contributed by atoms with Crippen molar-refractivity contribution in [2.45, 2.75) is 46.2 Å². The Morgan fingerprint density at radius 2 is 1.94 bits per heavy atom. The van der Waals surface area contributed by atoms with E-state index in [1.54, 1.807) is 6.92 Å². The maximum absolute atomic E-state index is 11.7. The molecule has 0 atom stereocenters. The van der Waals surface area contributed by atoms with Crippen molar-refractivity contribution in [2.75, 3.05) is 11.1 Å². The van der Waals surface area contributed by atoms with Gasteiger partial charge >= 0.3 is 5.69 Å². The molecule has 0 aliphatic rings. The number of H-pyrrole nitrogens is 1. The molecule has 96 valence electrons. The van der Waals surface area contributed by atoms with Crippen LogP contribution in [0.3, 0.4) is 0 Å². The minimum Gasteiger partial charge on any atom is -0.383 e. The molecule has 0 fully saturated rings. The van der Waals surface area contributed by atoms with E-state index in [-0.39, 0.29) is 17.0 Å². The van der Waals surface area contributed by atoms with Gasteiger partial charge in [-0.05, 0) is 27.2 Å². The van der Waals surface area contributed by atoms with E-state index in [4.69, 9.17) is 5.73 Å². The lowest BCUT2D eigenvalue weighted by Gasteiger charge is -2.26. The van der Waals surface area contributed by atoms with Crippen molar-refractivity contribution in [3.8, 4) is 0 Å². The van der Waals surface area contributed by atoms with E-state index in [0.717, 1.165) is 6.42 Å². The highest BCUT2D eigenvalue weighted by atomic mass is 16.2. The minimum absolute atomic E-state index is 0.183. The maximum atomic E-state index is 11.7. The van der Waals surface area contributed by atoms with Crippen molar-refractivity contribution in [3.05, 3.63) is 20.8 Å². The number of hydrogen-bond donors (Lipinski definition) is 3. The third-order valence-corrected chi connectivity index (χ3v) is 2.90. The zero-order valence-corrected chi connectivity index (χ0v) is 10.8. The molecule has 1 rings (SSSR count). The van der Waals surface area contributed by atoms with Gasteiger partial charge < -0.3 is 11.1 Å². The first kappa shape index (κ1) is 13.3. The first-order valence-electron chi connectivity index (χ1n) is 5.73. The molecule has 1 aromatic heterocycles. The van der Waals surface area contributed by atoms with E-state index < -0.39 is 11.2 Å². The second-order valence-electron chi connectivity index (χ2n) is 4.63. The van der Waals surface area contributed by atoms with Gasteiger partial charge in [-0.1, -0.05) is 6.92 Å². The number of nitrogens with zero attached hydrogens (tertiary/aromatic N) is 1. The summed E-state index contributed by atoms with van der Waals surface area (Å²) in [6.07, 6.45) is 0.830. The van der Waals surface area contributed by atoms with Crippen LogP contribution in [-0.4, -0.2) is 15.1 Å². The third-order valence-electron chi connectivity index (χ3n) is 2.90. The fourth-order valence-corrected chi connectivity index (χ4v) is 1.45. The van der Waals surface area contributed by atoms with Crippen molar-refractivity contribution in [1.82, 2.24) is 9.55 Å². The summed E-state index contributed by atoms with van der Waals surface area (Å²) < 4.78 is 1.33. The average Bonchev–Trinajstić information content (AvgIpc) is 2.25. The number of nitrogens with one attached hydrogen (secondary N) is 2. The van der Waals surface area contributed by atoms with Crippen LogP contribution in [0, 0.1) is 0 Å². The van der Waals surface area contributed by atoms with E-state index in [0.29, 0.717) is 6.54 Å². The highest BCUT2D eigenvalue weighted by molar-refractivity contribution is 5.61. The molecule has 1 heterocycles.